The van der Waals surface area contributed by atoms with Gasteiger partial charge in [0.25, 0.3) is 5.91 Å². The summed E-state index contributed by atoms with van der Waals surface area (Å²) in [5.74, 6) is 1.97. The first-order valence-corrected chi connectivity index (χ1v) is 5.19. The molecule has 0 atom stereocenters. The Balaban J connectivity index is 3.00. The van der Waals surface area contributed by atoms with Gasteiger partial charge in [0.2, 0.25) is 0 Å². The topological polar surface area (TPSA) is 40.5 Å². The molecule has 0 radical (unpaired) electrons. The van der Waals surface area contributed by atoms with Gasteiger partial charge < -0.3 is 10.0 Å². The standard InChI is InChI=1S/C12H12ClNO2/c1-3-7-14(4-2)12(16)10-6-5-9(13)8-11(10)15/h1,5-6,8,15H,4,7H2,2H3. The van der Waals surface area contributed by atoms with E-state index in [2.05, 4.69) is 5.92 Å². The first-order valence-electron chi connectivity index (χ1n) is 4.81. The molecule has 4 heteroatoms. The molecule has 1 amide bonds. The average molecular weight is 238 g/mol. The van der Waals surface area contributed by atoms with Gasteiger partial charge in [-0.1, -0.05) is 17.5 Å². The number of hydrogen-bond acceptors (Lipinski definition) is 2. The number of carbonyl (C=O) groups excluding carboxylic acids is 1. The Morgan fingerprint density at radius 2 is 2.31 bits per heavy atom. The monoisotopic (exact) mass is 237 g/mol. The van der Waals surface area contributed by atoms with E-state index in [9.17, 15) is 9.90 Å². The van der Waals surface area contributed by atoms with E-state index in [4.69, 9.17) is 18.0 Å². The van der Waals surface area contributed by atoms with Crippen LogP contribution < -0.4 is 0 Å². The third-order valence-electron chi connectivity index (χ3n) is 2.14. The number of nitrogens with zero attached hydrogens (tertiary/aromatic N) is 1. The van der Waals surface area contributed by atoms with Crippen LogP contribution >= 0.6 is 11.6 Å². The van der Waals surface area contributed by atoms with Crippen molar-refractivity contribution in [3.05, 3.63) is 28.8 Å². The summed E-state index contributed by atoms with van der Waals surface area (Å²) < 4.78 is 0. The zero-order valence-electron chi connectivity index (χ0n) is 8.90. The minimum Gasteiger partial charge on any atom is -0.507 e. The third kappa shape index (κ3) is 2.68. The molecule has 0 spiro atoms. The van der Waals surface area contributed by atoms with Crippen LogP contribution in [0.1, 0.15) is 17.3 Å². The van der Waals surface area contributed by atoms with E-state index in [0.717, 1.165) is 0 Å². The largest absolute Gasteiger partial charge is 0.507 e. The highest BCUT2D eigenvalue weighted by Crippen LogP contribution is 2.23. The molecular weight excluding hydrogens is 226 g/mol. The number of halogens is 1. The first kappa shape index (κ1) is 12.4. The molecule has 84 valence electrons. The molecule has 1 aromatic rings. The lowest BCUT2D eigenvalue weighted by molar-refractivity contribution is 0.0782. The second-order valence-corrected chi connectivity index (χ2v) is 3.62. The van der Waals surface area contributed by atoms with Crippen LogP contribution in [0.3, 0.4) is 0 Å². The molecular formula is C12H12ClNO2. The van der Waals surface area contributed by atoms with Crippen molar-refractivity contribution in [2.75, 3.05) is 13.1 Å². The number of carbonyl (C=O) groups is 1. The van der Waals surface area contributed by atoms with Gasteiger partial charge in [-0.3, -0.25) is 4.79 Å². The molecule has 16 heavy (non-hydrogen) atoms. The molecule has 1 aromatic carbocycles. The van der Waals surface area contributed by atoms with Crippen LogP contribution in [0.5, 0.6) is 5.75 Å². The SMILES string of the molecule is C#CCN(CC)C(=O)c1ccc(Cl)cc1O. The summed E-state index contributed by atoms with van der Waals surface area (Å²) in [5, 5.41) is 9.97. The second kappa shape index (κ2) is 5.43. The van der Waals surface area contributed by atoms with Gasteiger partial charge in [-0.25, -0.2) is 0 Å². The van der Waals surface area contributed by atoms with Crippen molar-refractivity contribution in [1.82, 2.24) is 4.90 Å². The predicted molar refractivity (Wildman–Crippen MR) is 63.5 cm³/mol. The lowest BCUT2D eigenvalue weighted by Gasteiger charge is -2.18. The van der Waals surface area contributed by atoms with E-state index in [1.165, 1.54) is 17.0 Å². The molecule has 0 bridgehead atoms. The Bertz CT molecular complexity index is 437. The molecule has 1 N–H and O–H groups in total. The average Bonchev–Trinajstić information content (AvgIpc) is 2.25. The summed E-state index contributed by atoms with van der Waals surface area (Å²) in [6.07, 6.45) is 5.16. The Morgan fingerprint density at radius 3 is 2.81 bits per heavy atom. The van der Waals surface area contributed by atoms with E-state index in [1.54, 1.807) is 6.07 Å². The van der Waals surface area contributed by atoms with Gasteiger partial charge in [0, 0.05) is 11.6 Å². The van der Waals surface area contributed by atoms with E-state index in [-0.39, 0.29) is 23.8 Å². The maximum atomic E-state index is 11.9. The highest BCUT2D eigenvalue weighted by atomic mass is 35.5. The minimum atomic E-state index is -0.297. The van der Waals surface area contributed by atoms with Crippen LogP contribution in [0.15, 0.2) is 18.2 Å². The fourth-order valence-electron chi connectivity index (χ4n) is 1.29. The highest BCUT2D eigenvalue weighted by Gasteiger charge is 2.16. The zero-order valence-corrected chi connectivity index (χ0v) is 9.66. The van der Waals surface area contributed by atoms with Crippen molar-refractivity contribution in [2.45, 2.75) is 6.92 Å². The quantitative estimate of drug-likeness (QED) is 0.819. The highest BCUT2D eigenvalue weighted by molar-refractivity contribution is 6.30. The van der Waals surface area contributed by atoms with Gasteiger partial charge in [-0.15, -0.1) is 6.42 Å². The van der Waals surface area contributed by atoms with Crippen LogP contribution in [0, 0.1) is 12.3 Å². The number of aromatic hydroxyl groups is 1. The Labute approximate surface area is 99.6 Å². The normalized spacial score (nSPS) is 9.56. The number of phenolic OH excluding ortho intramolecular Hbond substituents is 1. The zero-order chi connectivity index (χ0) is 12.1. The number of amides is 1. The predicted octanol–water partition coefficient (Wildman–Crippen LogP) is 2.14. The van der Waals surface area contributed by atoms with Crippen LogP contribution in [0.2, 0.25) is 5.02 Å². The van der Waals surface area contributed by atoms with Crippen molar-refractivity contribution >= 4 is 17.5 Å². The molecule has 0 saturated heterocycles. The maximum Gasteiger partial charge on any atom is 0.258 e. The molecule has 0 aromatic heterocycles. The Kier molecular flexibility index (Phi) is 4.21. The van der Waals surface area contributed by atoms with Gasteiger partial charge >= 0.3 is 0 Å². The summed E-state index contributed by atoms with van der Waals surface area (Å²) in [7, 11) is 0. The molecule has 0 aliphatic heterocycles. The lowest BCUT2D eigenvalue weighted by Crippen LogP contribution is -2.31. The molecule has 0 fully saturated rings. The molecule has 1 rings (SSSR count). The fraction of sp³-hybridized carbons (Fsp3) is 0.250. The lowest BCUT2D eigenvalue weighted by atomic mass is 10.1. The number of rotatable bonds is 3. The summed E-state index contributed by atoms with van der Waals surface area (Å²) in [4.78, 5) is 13.4. The van der Waals surface area contributed by atoms with Crippen molar-refractivity contribution in [3.63, 3.8) is 0 Å². The molecule has 0 aliphatic rings. The smallest absolute Gasteiger partial charge is 0.258 e. The van der Waals surface area contributed by atoms with Crippen molar-refractivity contribution in [3.8, 4) is 18.1 Å². The Morgan fingerprint density at radius 1 is 1.62 bits per heavy atom. The number of terminal acetylenes is 1. The van der Waals surface area contributed by atoms with Gasteiger partial charge in [0.1, 0.15) is 5.75 Å². The third-order valence-corrected chi connectivity index (χ3v) is 2.38. The van der Waals surface area contributed by atoms with E-state index in [0.29, 0.717) is 11.6 Å². The molecule has 0 unspecified atom stereocenters. The first-order chi connectivity index (χ1) is 7.60. The van der Waals surface area contributed by atoms with Crippen LogP contribution in [-0.4, -0.2) is 29.0 Å². The molecule has 3 nitrogen and oxygen atoms in total. The van der Waals surface area contributed by atoms with Crippen molar-refractivity contribution in [2.24, 2.45) is 0 Å². The summed E-state index contributed by atoms with van der Waals surface area (Å²) in [6, 6.07) is 4.37. The number of hydrogen-bond donors (Lipinski definition) is 1. The van der Waals surface area contributed by atoms with Crippen LogP contribution in [-0.2, 0) is 0 Å². The number of phenols is 1. The van der Waals surface area contributed by atoms with E-state index in [1.807, 2.05) is 6.92 Å². The minimum absolute atomic E-state index is 0.132. The van der Waals surface area contributed by atoms with Crippen LogP contribution in [0.4, 0.5) is 0 Å². The summed E-state index contributed by atoms with van der Waals surface area (Å²) >= 11 is 5.68. The Hall–Kier alpha value is -1.66. The van der Waals surface area contributed by atoms with Gasteiger partial charge in [0.15, 0.2) is 0 Å². The van der Waals surface area contributed by atoms with Gasteiger partial charge in [0.05, 0.1) is 12.1 Å². The van der Waals surface area contributed by atoms with E-state index >= 15 is 0 Å². The van der Waals surface area contributed by atoms with Gasteiger partial charge in [-0.05, 0) is 25.1 Å². The van der Waals surface area contributed by atoms with Crippen molar-refractivity contribution in [1.29, 1.82) is 0 Å². The molecule has 0 aliphatic carbocycles. The fourth-order valence-corrected chi connectivity index (χ4v) is 1.46. The molecule has 0 heterocycles. The second-order valence-electron chi connectivity index (χ2n) is 3.18. The number of benzene rings is 1. The van der Waals surface area contributed by atoms with Crippen molar-refractivity contribution < 1.29 is 9.90 Å². The maximum absolute atomic E-state index is 11.9. The summed E-state index contributed by atoms with van der Waals surface area (Å²) in [5.41, 5.74) is 0.210. The van der Waals surface area contributed by atoms with Crippen LogP contribution in [0.25, 0.3) is 0 Å². The van der Waals surface area contributed by atoms with Gasteiger partial charge in [-0.2, -0.15) is 0 Å². The van der Waals surface area contributed by atoms with E-state index < -0.39 is 0 Å². The molecule has 0 saturated carbocycles. The summed E-state index contributed by atoms with van der Waals surface area (Å²) in [6.45, 7) is 2.53.